The van der Waals surface area contributed by atoms with E-state index in [1.54, 1.807) is 18.6 Å². The average Bonchev–Trinajstić information content (AvgIpc) is 3.36. The molecule has 2 aliphatic rings. The van der Waals surface area contributed by atoms with Crippen LogP contribution in [0.4, 0.5) is 32.0 Å². The lowest BCUT2D eigenvalue weighted by Gasteiger charge is -2.24. The topological polar surface area (TPSA) is 124 Å². The van der Waals surface area contributed by atoms with Crippen molar-refractivity contribution in [2.75, 3.05) is 24.5 Å². The molecule has 9 nitrogen and oxygen atoms in total. The number of anilines is 1. The zero-order valence-corrected chi connectivity index (χ0v) is 19.0. The number of aliphatic carboxylic acids is 2. The molecule has 4 rings (SSSR count). The van der Waals surface area contributed by atoms with Gasteiger partial charge in [0.2, 0.25) is 5.91 Å². The van der Waals surface area contributed by atoms with Crippen molar-refractivity contribution in [3.05, 3.63) is 54.6 Å². The summed E-state index contributed by atoms with van der Waals surface area (Å²) in [7, 11) is 0. The van der Waals surface area contributed by atoms with Crippen molar-refractivity contribution >= 4 is 23.5 Å². The Morgan fingerprint density at radius 3 is 1.92 bits per heavy atom. The Morgan fingerprint density at radius 1 is 0.919 bits per heavy atom. The van der Waals surface area contributed by atoms with Crippen LogP contribution in [0.25, 0.3) is 0 Å². The molecule has 37 heavy (non-hydrogen) atoms. The van der Waals surface area contributed by atoms with Gasteiger partial charge in [0.25, 0.3) is 0 Å². The standard InChI is InChI=1S/C18H20N4O.2C2HF3O2/c23-17-9-18(14-22(17)16-4-2-7-20-11-16)5-8-21(13-18)12-15-3-1-6-19-10-15;2*3-2(4,5)1(6)7/h1-4,6-7,10-11H,5,8-9,12-14H2;2*(H,6,7). The first-order chi connectivity index (χ1) is 17.1. The number of carbonyl (C=O) groups is 3. The second-order valence-electron chi connectivity index (χ2n) is 8.30. The van der Waals surface area contributed by atoms with Gasteiger partial charge in [-0.15, -0.1) is 0 Å². The molecular formula is C22H22F6N4O5. The highest BCUT2D eigenvalue weighted by molar-refractivity contribution is 5.96. The van der Waals surface area contributed by atoms with Crippen LogP contribution in [0.1, 0.15) is 18.4 Å². The van der Waals surface area contributed by atoms with E-state index in [4.69, 9.17) is 19.8 Å². The predicted octanol–water partition coefficient (Wildman–Crippen LogP) is 3.37. The molecule has 1 unspecified atom stereocenters. The molecule has 15 heteroatoms. The van der Waals surface area contributed by atoms with Crippen LogP contribution in [0, 0.1) is 5.41 Å². The van der Waals surface area contributed by atoms with E-state index in [-0.39, 0.29) is 11.3 Å². The maximum absolute atomic E-state index is 12.5. The van der Waals surface area contributed by atoms with Crippen molar-refractivity contribution in [1.29, 1.82) is 0 Å². The van der Waals surface area contributed by atoms with Gasteiger partial charge in [-0.1, -0.05) is 6.07 Å². The van der Waals surface area contributed by atoms with Crippen LogP contribution in [-0.4, -0.2) is 74.9 Å². The third-order valence-corrected chi connectivity index (χ3v) is 5.41. The lowest BCUT2D eigenvalue weighted by Crippen LogP contribution is -2.31. The summed E-state index contributed by atoms with van der Waals surface area (Å²) in [5.41, 5.74) is 2.24. The summed E-state index contributed by atoms with van der Waals surface area (Å²) in [5, 5.41) is 14.2. The number of alkyl halides is 6. The summed E-state index contributed by atoms with van der Waals surface area (Å²) in [4.78, 5) is 42.9. The third kappa shape index (κ3) is 9.00. The molecule has 0 radical (unpaired) electrons. The van der Waals surface area contributed by atoms with Crippen molar-refractivity contribution in [2.45, 2.75) is 31.7 Å². The summed E-state index contributed by atoms with van der Waals surface area (Å²) >= 11 is 0. The molecule has 0 saturated carbocycles. The van der Waals surface area contributed by atoms with Gasteiger partial charge in [0, 0.05) is 50.1 Å². The van der Waals surface area contributed by atoms with Crippen LogP contribution in [0.2, 0.25) is 0 Å². The molecule has 1 amide bonds. The number of nitrogens with zero attached hydrogens (tertiary/aromatic N) is 4. The number of carboxylic acid groups (broad SMARTS) is 2. The molecule has 0 aromatic carbocycles. The summed E-state index contributed by atoms with van der Waals surface area (Å²) in [6.07, 6.45) is -1.20. The van der Waals surface area contributed by atoms with E-state index in [0.29, 0.717) is 6.42 Å². The van der Waals surface area contributed by atoms with E-state index in [1.807, 2.05) is 29.3 Å². The number of pyridine rings is 2. The monoisotopic (exact) mass is 536 g/mol. The first kappa shape index (κ1) is 29.5. The molecule has 2 N–H and O–H groups in total. The molecule has 0 bridgehead atoms. The van der Waals surface area contributed by atoms with E-state index in [2.05, 4.69) is 20.9 Å². The molecule has 4 heterocycles. The number of aromatic nitrogens is 2. The second kappa shape index (κ2) is 12.0. The number of carbonyl (C=O) groups excluding carboxylic acids is 1. The van der Waals surface area contributed by atoms with Crippen molar-refractivity contribution < 1.29 is 50.9 Å². The van der Waals surface area contributed by atoms with Gasteiger partial charge in [0.15, 0.2) is 0 Å². The fourth-order valence-corrected chi connectivity index (χ4v) is 3.83. The van der Waals surface area contributed by atoms with Gasteiger partial charge in [0.05, 0.1) is 11.9 Å². The van der Waals surface area contributed by atoms with Gasteiger partial charge in [-0.05, 0) is 36.7 Å². The number of hydrogen-bond donors (Lipinski definition) is 2. The van der Waals surface area contributed by atoms with Gasteiger partial charge in [0.1, 0.15) is 0 Å². The van der Waals surface area contributed by atoms with Gasteiger partial charge >= 0.3 is 24.3 Å². The number of halogens is 6. The van der Waals surface area contributed by atoms with E-state index >= 15 is 0 Å². The highest BCUT2D eigenvalue weighted by Gasteiger charge is 2.47. The normalized spacial score (nSPS) is 19.6. The summed E-state index contributed by atoms with van der Waals surface area (Å²) < 4.78 is 63.5. The fraction of sp³-hybridized carbons (Fsp3) is 0.409. The average molecular weight is 536 g/mol. The number of amides is 1. The zero-order chi connectivity index (χ0) is 27.9. The summed E-state index contributed by atoms with van der Waals surface area (Å²) in [6.45, 7) is 3.74. The molecule has 1 atom stereocenters. The van der Waals surface area contributed by atoms with Crippen molar-refractivity contribution in [3.63, 3.8) is 0 Å². The molecule has 1 spiro atoms. The molecule has 2 aliphatic heterocycles. The van der Waals surface area contributed by atoms with E-state index < -0.39 is 24.3 Å². The third-order valence-electron chi connectivity index (χ3n) is 5.41. The molecule has 2 aromatic heterocycles. The first-order valence-electron chi connectivity index (χ1n) is 10.5. The Labute approximate surface area is 206 Å². The number of carboxylic acids is 2. The maximum Gasteiger partial charge on any atom is 0.490 e. The SMILES string of the molecule is O=C(O)C(F)(F)F.O=C(O)C(F)(F)F.O=C1CC2(CCN(Cc3cccnc3)C2)CN1c1cccnc1. The number of likely N-dealkylation sites (tertiary alicyclic amines) is 1. The quantitative estimate of drug-likeness (QED) is 0.573. The smallest absolute Gasteiger partial charge is 0.475 e. The Morgan fingerprint density at radius 2 is 1.46 bits per heavy atom. The van der Waals surface area contributed by atoms with Crippen LogP contribution in [0.3, 0.4) is 0 Å². The lowest BCUT2D eigenvalue weighted by molar-refractivity contribution is -0.193. The van der Waals surface area contributed by atoms with Crippen LogP contribution < -0.4 is 4.90 Å². The molecule has 0 aliphatic carbocycles. The van der Waals surface area contributed by atoms with Crippen LogP contribution >= 0.6 is 0 Å². The molecular weight excluding hydrogens is 514 g/mol. The number of hydrogen-bond acceptors (Lipinski definition) is 6. The van der Waals surface area contributed by atoms with Crippen LogP contribution in [0.15, 0.2) is 49.1 Å². The Balaban J connectivity index is 0.000000286. The zero-order valence-electron chi connectivity index (χ0n) is 19.0. The Hall–Kier alpha value is -3.75. The van der Waals surface area contributed by atoms with E-state index in [0.717, 1.165) is 38.3 Å². The maximum atomic E-state index is 12.5. The lowest BCUT2D eigenvalue weighted by atomic mass is 9.86. The van der Waals surface area contributed by atoms with E-state index in [9.17, 15) is 31.1 Å². The number of rotatable bonds is 3. The van der Waals surface area contributed by atoms with Crippen molar-refractivity contribution in [3.8, 4) is 0 Å². The van der Waals surface area contributed by atoms with Gasteiger partial charge < -0.3 is 15.1 Å². The highest BCUT2D eigenvalue weighted by atomic mass is 19.4. The minimum Gasteiger partial charge on any atom is -0.475 e. The minimum absolute atomic E-state index is 0.0924. The molecule has 202 valence electrons. The summed E-state index contributed by atoms with van der Waals surface area (Å²) in [5.74, 6) is -5.29. The summed E-state index contributed by atoms with van der Waals surface area (Å²) in [6, 6.07) is 7.94. The Bertz CT molecular complexity index is 1040. The second-order valence-corrected chi connectivity index (χ2v) is 8.30. The van der Waals surface area contributed by atoms with Crippen LogP contribution in [0.5, 0.6) is 0 Å². The largest absolute Gasteiger partial charge is 0.490 e. The highest BCUT2D eigenvalue weighted by Crippen LogP contribution is 2.42. The molecule has 2 fully saturated rings. The van der Waals surface area contributed by atoms with Gasteiger partial charge in [-0.25, -0.2) is 9.59 Å². The molecule has 2 saturated heterocycles. The predicted molar refractivity (Wildman–Crippen MR) is 115 cm³/mol. The first-order valence-corrected chi connectivity index (χ1v) is 10.5. The van der Waals surface area contributed by atoms with Gasteiger partial charge in [-0.2, -0.15) is 26.3 Å². The Kier molecular flexibility index (Phi) is 9.55. The van der Waals surface area contributed by atoms with Crippen molar-refractivity contribution in [2.24, 2.45) is 5.41 Å². The van der Waals surface area contributed by atoms with Gasteiger partial charge in [-0.3, -0.25) is 19.7 Å². The van der Waals surface area contributed by atoms with Crippen molar-refractivity contribution in [1.82, 2.24) is 14.9 Å². The van der Waals surface area contributed by atoms with E-state index in [1.165, 1.54) is 5.56 Å². The van der Waals surface area contributed by atoms with Crippen LogP contribution in [-0.2, 0) is 20.9 Å². The molecule has 2 aromatic rings. The minimum atomic E-state index is -5.08. The fourth-order valence-electron chi connectivity index (χ4n) is 3.83.